The lowest BCUT2D eigenvalue weighted by Gasteiger charge is -2.19. The quantitative estimate of drug-likeness (QED) is 0.635. The van der Waals surface area contributed by atoms with Crippen LogP contribution >= 0.6 is 15.9 Å². The maximum Gasteiger partial charge on any atom is 0.173 e. The number of ketones is 1. The molecule has 2 heterocycles. The van der Waals surface area contributed by atoms with Gasteiger partial charge in [-0.3, -0.25) is 4.79 Å². The van der Waals surface area contributed by atoms with Crippen molar-refractivity contribution < 1.29 is 19.4 Å². The number of fused-ring (bicyclic) bond motifs is 5. The number of benzene rings is 2. The van der Waals surface area contributed by atoms with Gasteiger partial charge in [0.15, 0.2) is 5.78 Å². The van der Waals surface area contributed by atoms with Crippen LogP contribution in [0.1, 0.15) is 35.1 Å². The number of allylic oxidation sites excluding steroid dienone is 1. The second kappa shape index (κ2) is 6.71. The lowest BCUT2D eigenvalue weighted by molar-refractivity contribution is -0.118. The molecule has 5 heteroatoms. The summed E-state index contributed by atoms with van der Waals surface area (Å²) < 4.78 is 13.0. The van der Waals surface area contributed by atoms with Gasteiger partial charge in [-0.2, -0.15) is 0 Å². The average molecular weight is 455 g/mol. The zero-order valence-corrected chi connectivity index (χ0v) is 18.2. The van der Waals surface area contributed by atoms with E-state index in [9.17, 15) is 9.90 Å². The standard InChI is InChI=1S/C24H23BrO4/c1-11-8-14(25)4-5-16(11)28-15-9-12(2)19(13(3)10-15)22-23(26)20-17-6-7-18(29-17)21(20)24(22)27/h4-5,8-10,17-18,20-21,26H,6-7H2,1-3H3/t17-,18+,20+,21-/m0/s1. The van der Waals surface area contributed by atoms with Crippen LogP contribution in [0.4, 0.5) is 0 Å². The fourth-order valence-corrected chi connectivity index (χ4v) is 5.78. The molecule has 4 atom stereocenters. The second-order valence-electron chi connectivity index (χ2n) is 8.41. The third kappa shape index (κ3) is 2.86. The minimum Gasteiger partial charge on any atom is -0.511 e. The van der Waals surface area contributed by atoms with E-state index in [1.165, 1.54) is 0 Å². The summed E-state index contributed by atoms with van der Waals surface area (Å²) in [5, 5.41) is 11.0. The highest BCUT2D eigenvalue weighted by Gasteiger charge is 2.59. The molecule has 5 rings (SSSR count). The molecule has 0 saturated carbocycles. The van der Waals surface area contributed by atoms with Gasteiger partial charge in [0.25, 0.3) is 0 Å². The summed E-state index contributed by atoms with van der Waals surface area (Å²) >= 11 is 3.47. The van der Waals surface area contributed by atoms with Crippen molar-refractivity contribution in [2.45, 2.75) is 45.8 Å². The molecule has 1 aliphatic carbocycles. The molecule has 0 spiro atoms. The fraction of sp³-hybridized carbons (Fsp3) is 0.375. The van der Waals surface area contributed by atoms with Crippen LogP contribution in [0.2, 0.25) is 0 Å². The predicted octanol–water partition coefficient (Wildman–Crippen LogP) is 5.81. The third-order valence-corrected chi connectivity index (χ3v) is 7.01. The second-order valence-corrected chi connectivity index (χ2v) is 9.33. The van der Waals surface area contributed by atoms with E-state index in [4.69, 9.17) is 9.47 Å². The van der Waals surface area contributed by atoms with Crippen molar-refractivity contribution in [2.24, 2.45) is 11.8 Å². The number of aliphatic hydroxyl groups is 1. The van der Waals surface area contributed by atoms with E-state index in [0.29, 0.717) is 5.57 Å². The molecular weight excluding hydrogens is 432 g/mol. The highest BCUT2D eigenvalue weighted by atomic mass is 79.9. The summed E-state index contributed by atoms with van der Waals surface area (Å²) in [5.74, 6) is 1.38. The Morgan fingerprint density at radius 3 is 2.28 bits per heavy atom. The van der Waals surface area contributed by atoms with E-state index in [-0.39, 0.29) is 35.6 Å². The first-order valence-corrected chi connectivity index (χ1v) is 10.8. The molecule has 2 aliphatic heterocycles. The van der Waals surface area contributed by atoms with Gasteiger partial charge in [0, 0.05) is 4.47 Å². The van der Waals surface area contributed by atoms with Gasteiger partial charge in [-0.15, -0.1) is 0 Å². The summed E-state index contributed by atoms with van der Waals surface area (Å²) in [6.45, 7) is 5.94. The molecule has 1 N–H and O–H groups in total. The number of hydrogen-bond acceptors (Lipinski definition) is 4. The average Bonchev–Trinajstić information content (AvgIpc) is 3.33. The largest absolute Gasteiger partial charge is 0.511 e. The topological polar surface area (TPSA) is 55.8 Å². The SMILES string of the molecule is Cc1cc(Br)ccc1Oc1cc(C)c(C2=C(O)[C@H]3[C@@H](C2=O)[C@H]2CC[C@@H]3O2)c(C)c1. The zero-order chi connectivity index (χ0) is 20.4. The van der Waals surface area contributed by atoms with Crippen LogP contribution in [-0.4, -0.2) is 23.1 Å². The molecule has 29 heavy (non-hydrogen) atoms. The van der Waals surface area contributed by atoms with Gasteiger partial charge in [0.2, 0.25) is 0 Å². The first-order valence-electron chi connectivity index (χ1n) is 10.0. The number of hydrogen-bond donors (Lipinski definition) is 1. The number of rotatable bonds is 3. The summed E-state index contributed by atoms with van der Waals surface area (Å²) in [6, 6.07) is 9.78. The lowest BCUT2D eigenvalue weighted by atomic mass is 9.80. The summed E-state index contributed by atoms with van der Waals surface area (Å²) in [4.78, 5) is 13.2. The van der Waals surface area contributed by atoms with E-state index in [2.05, 4.69) is 15.9 Å². The molecule has 0 radical (unpaired) electrons. The number of aryl methyl sites for hydroxylation is 3. The van der Waals surface area contributed by atoms with Crippen molar-refractivity contribution in [3.8, 4) is 11.5 Å². The lowest BCUT2D eigenvalue weighted by Crippen LogP contribution is -2.29. The maximum atomic E-state index is 13.2. The van der Waals surface area contributed by atoms with Crippen LogP contribution < -0.4 is 4.74 Å². The maximum absolute atomic E-state index is 13.2. The molecule has 4 nitrogen and oxygen atoms in total. The Morgan fingerprint density at radius 2 is 1.66 bits per heavy atom. The molecule has 0 amide bonds. The van der Waals surface area contributed by atoms with E-state index in [1.54, 1.807) is 0 Å². The van der Waals surface area contributed by atoms with Gasteiger partial charge >= 0.3 is 0 Å². The minimum atomic E-state index is -0.219. The Balaban J connectivity index is 1.51. The molecule has 2 bridgehead atoms. The first-order chi connectivity index (χ1) is 13.8. The molecule has 150 valence electrons. The number of carbonyl (C=O) groups excluding carboxylic acids is 1. The predicted molar refractivity (Wildman–Crippen MR) is 114 cm³/mol. The van der Waals surface area contributed by atoms with E-state index in [0.717, 1.165) is 51.1 Å². The van der Waals surface area contributed by atoms with E-state index >= 15 is 0 Å². The summed E-state index contributed by atoms with van der Waals surface area (Å²) in [5.41, 5.74) is 4.21. The Labute approximate surface area is 178 Å². The van der Waals surface area contributed by atoms with Gasteiger partial charge in [-0.05, 0) is 86.2 Å². The summed E-state index contributed by atoms with van der Waals surface area (Å²) in [6.07, 6.45) is 1.78. The molecule has 2 aromatic carbocycles. The van der Waals surface area contributed by atoms with Gasteiger partial charge in [-0.1, -0.05) is 15.9 Å². The normalized spacial score (nSPS) is 27.7. The van der Waals surface area contributed by atoms with Crippen LogP contribution in [0.25, 0.3) is 5.57 Å². The Hall–Kier alpha value is -2.11. The molecule has 0 unspecified atom stereocenters. The van der Waals surface area contributed by atoms with Crippen LogP contribution in [0.3, 0.4) is 0 Å². The summed E-state index contributed by atoms with van der Waals surface area (Å²) in [7, 11) is 0. The van der Waals surface area contributed by atoms with E-state index < -0.39 is 0 Å². The molecule has 0 aromatic heterocycles. The first kappa shape index (κ1) is 18.9. The number of Topliss-reactive ketones (excluding diaryl/α,β-unsaturated/α-hetero) is 1. The van der Waals surface area contributed by atoms with Crippen LogP contribution in [0, 0.1) is 32.6 Å². The van der Waals surface area contributed by atoms with Crippen LogP contribution in [0.5, 0.6) is 11.5 Å². The number of carbonyl (C=O) groups is 1. The van der Waals surface area contributed by atoms with Crippen molar-refractivity contribution in [3.63, 3.8) is 0 Å². The molecule has 2 aromatic rings. The smallest absolute Gasteiger partial charge is 0.173 e. The van der Waals surface area contributed by atoms with Gasteiger partial charge < -0.3 is 14.6 Å². The Bertz CT molecular complexity index is 1050. The zero-order valence-electron chi connectivity index (χ0n) is 16.7. The minimum absolute atomic E-state index is 0.0185. The number of aliphatic hydroxyl groups excluding tert-OH is 1. The van der Waals surface area contributed by atoms with Gasteiger partial charge in [-0.25, -0.2) is 0 Å². The fourth-order valence-electron chi connectivity index (χ4n) is 5.30. The Kier molecular flexibility index (Phi) is 4.37. The number of halogens is 1. The molecular formula is C24H23BrO4. The van der Waals surface area contributed by atoms with Crippen molar-refractivity contribution in [1.82, 2.24) is 0 Å². The monoisotopic (exact) mass is 454 g/mol. The van der Waals surface area contributed by atoms with Crippen LogP contribution in [-0.2, 0) is 9.53 Å². The Morgan fingerprint density at radius 1 is 1.00 bits per heavy atom. The van der Waals surface area contributed by atoms with Crippen molar-refractivity contribution >= 4 is 27.3 Å². The molecule has 2 fully saturated rings. The van der Waals surface area contributed by atoms with Gasteiger partial charge in [0.1, 0.15) is 17.3 Å². The van der Waals surface area contributed by atoms with E-state index in [1.807, 2.05) is 51.1 Å². The van der Waals surface area contributed by atoms with Crippen molar-refractivity contribution in [2.75, 3.05) is 0 Å². The van der Waals surface area contributed by atoms with Crippen molar-refractivity contribution in [3.05, 3.63) is 62.8 Å². The van der Waals surface area contributed by atoms with Crippen LogP contribution in [0.15, 0.2) is 40.6 Å². The van der Waals surface area contributed by atoms with Crippen molar-refractivity contribution in [1.29, 1.82) is 0 Å². The van der Waals surface area contributed by atoms with Gasteiger partial charge in [0.05, 0.1) is 29.6 Å². The highest BCUT2D eigenvalue weighted by Crippen LogP contribution is 2.54. The molecule has 3 aliphatic rings. The molecule has 2 saturated heterocycles. The number of ether oxygens (including phenoxy) is 2. The highest BCUT2D eigenvalue weighted by molar-refractivity contribution is 9.10. The third-order valence-electron chi connectivity index (χ3n) is 6.52.